The standard InChI is InChI=1S/C8H13NO4S/c1-13-7(10)8(9-14(11)12)5-3-2-4-6-8/h2-6H2,1H3. The molecule has 1 rings (SSSR count). The van der Waals surface area contributed by atoms with Crippen LogP contribution in [0.1, 0.15) is 32.1 Å². The molecule has 80 valence electrons. The van der Waals surface area contributed by atoms with Gasteiger partial charge in [-0.1, -0.05) is 19.3 Å². The summed E-state index contributed by atoms with van der Waals surface area (Å²) in [5.74, 6) is -0.540. The predicted molar refractivity (Wildman–Crippen MR) is 49.2 cm³/mol. The molecule has 0 amide bonds. The van der Waals surface area contributed by atoms with E-state index in [1.807, 2.05) is 0 Å². The quantitative estimate of drug-likeness (QED) is 0.647. The molecule has 0 bridgehead atoms. The molecule has 1 saturated carbocycles. The number of hydrogen-bond acceptors (Lipinski definition) is 5. The first-order valence-electron chi connectivity index (χ1n) is 4.51. The Morgan fingerprint density at radius 1 is 1.29 bits per heavy atom. The summed E-state index contributed by atoms with van der Waals surface area (Å²) in [6.45, 7) is 0. The van der Waals surface area contributed by atoms with Crippen LogP contribution in [0.5, 0.6) is 0 Å². The lowest BCUT2D eigenvalue weighted by atomic mass is 9.83. The molecule has 0 aliphatic heterocycles. The van der Waals surface area contributed by atoms with Crippen molar-refractivity contribution in [3.8, 4) is 0 Å². The maximum atomic E-state index is 11.4. The fourth-order valence-electron chi connectivity index (χ4n) is 1.80. The summed E-state index contributed by atoms with van der Waals surface area (Å²) in [6.07, 6.45) is 3.58. The van der Waals surface area contributed by atoms with Gasteiger partial charge in [-0.25, -0.2) is 4.79 Å². The molecule has 1 aliphatic carbocycles. The summed E-state index contributed by atoms with van der Waals surface area (Å²) >= 11 is 0. The fraction of sp³-hybridized carbons (Fsp3) is 0.875. The van der Waals surface area contributed by atoms with E-state index < -0.39 is 22.0 Å². The zero-order chi connectivity index (χ0) is 10.6. The van der Waals surface area contributed by atoms with Gasteiger partial charge in [-0.05, 0) is 12.8 Å². The first kappa shape index (κ1) is 11.2. The molecule has 0 atom stereocenters. The second-order valence-corrected chi connectivity index (χ2v) is 4.01. The van der Waals surface area contributed by atoms with Crippen molar-refractivity contribution < 1.29 is 17.9 Å². The molecule has 0 aromatic carbocycles. The number of nitrogens with zero attached hydrogens (tertiary/aromatic N) is 1. The third kappa shape index (κ3) is 2.31. The second-order valence-electron chi connectivity index (χ2n) is 3.39. The third-order valence-electron chi connectivity index (χ3n) is 2.50. The van der Waals surface area contributed by atoms with Gasteiger partial charge in [0.05, 0.1) is 7.11 Å². The summed E-state index contributed by atoms with van der Waals surface area (Å²) in [7, 11) is -1.30. The molecule has 0 aromatic rings. The lowest BCUT2D eigenvalue weighted by Gasteiger charge is -2.28. The molecule has 1 fully saturated rings. The van der Waals surface area contributed by atoms with Gasteiger partial charge in [0, 0.05) is 0 Å². The summed E-state index contributed by atoms with van der Waals surface area (Å²) in [4.78, 5) is 11.4. The molecule has 1 aliphatic rings. The normalized spacial score (nSPS) is 19.8. The van der Waals surface area contributed by atoms with Gasteiger partial charge >= 0.3 is 16.5 Å². The average Bonchev–Trinajstić information content (AvgIpc) is 2.17. The Morgan fingerprint density at radius 2 is 1.86 bits per heavy atom. The second kappa shape index (κ2) is 4.54. The van der Waals surface area contributed by atoms with Gasteiger partial charge in [-0.3, -0.25) is 0 Å². The maximum absolute atomic E-state index is 11.4. The van der Waals surface area contributed by atoms with Crippen molar-refractivity contribution in [2.24, 2.45) is 4.36 Å². The van der Waals surface area contributed by atoms with Gasteiger partial charge in [0.25, 0.3) is 0 Å². The Bertz CT molecular complexity index is 332. The van der Waals surface area contributed by atoms with E-state index in [0.29, 0.717) is 12.8 Å². The van der Waals surface area contributed by atoms with E-state index >= 15 is 0 Å². The molecule has 0 radical (unpaired) electrons. The number of hydrogen-bond donors (Lipinski definition) is 0. The lowest BCUT2D eigenvalue weighted by Crippen LogP contribution is -2.39. The number of esters is 1. The minimum Gasteiger partial charge on any atom is -0.467 e. The van der Waals surface area contributed by atoms with Crippen molar-refractivity contribution in [3.63, 3.8) is 0 Å². The summed E-state index contributed by atoms with van der Waals surface area (Å²) in [6, 6.07) is 0. The zero-order valence-corrected chi connectivity index (χ0v) is 8.84. The molecule has 5 nitrogen and oxygen atoms in total. The SMILES string of the molecule is COC(=O)C1(N=S(=O)=O)CCCCC1. The molecule has 0 aromatic heterocycles. The molecular weight excluding hydrogens is 206 g/mol. The van der Waals surface area contributed by atoms with Crippen molar-refractivity contribution in [3.05, 3.63) is 0 Å². The van der Waals surface area contributed by atoms with Crippen molar-refractivity contribution in [2.75, 3.05) is 7.11 Å². The third-order valence-corrected chi connectivity index (χ3v) is 2.99. The van der Waals surface area contributed by atoms with Crippen LogP contribution in [0.3, 0.4) is 0 Å². The van der Waals surface area contributed by atoms with Gasteiger partial charge < -0.3 is 4.74 Å². The minimum absolute atomic E-state index is 0.466. The number of carbonyl (C=O) groups excluding carboxylic acids is 1. The van der Waals surface area contributed by atoms with Crippen LogP contribution in [-0.4, -0.2) is 27.0 Å². The van der Waals surface area contributed by atoms with E-state index in [1.54, 1.807) is 0 Å². The number of ether oxygens (including phenoxy) is 1. The highest BCUT2D eigenvalue weighted by Gasteiger charge is 2.41. The Morgan fingerprint density at radius 3 is 2.29 bits per heavy atom. The van der Waals surface area contributed by atoms with E-state index in [1.165, 1.54) is 7.11 Å². The maximum Gasteiger partial charge on any atom is 0.335 e. The Kier molecular flexibility index (Phi) is 3.62. The summed E-state index contributed by atoms with van der Waals surface area (Å²) in [5, 5.41) is 0. The molecular formula is C8H13NO4S. The zero-order valence-electron chi connectivity index (χ0n) is 8.02. The van der Waals surface area contributed by atoms with Crippen LogP contribution in [0.4, 0.5) is 0 Å². The van der Waals surface area contributed by atoms with Crippen LogP contribution in [0, 0.1) is 0 Å². The van der Waals surface area contributed by atoms with Crippen molar-refractivity contribution in [1.29, 1.82) is 0 Å². The first-order valence-corrected chi connectivity index (χ1v) is 5.54. The Labute approximate surface area is 84.2 Å². The molecule has 0 heterocycles. The van der Waals surface area contributed by atoms with Gasteiger partial charge in [0.2, 0.25) is 0 Å². The molecule has 0 spiro atoms. The van der Waals surface area contributed by atoms with Gasteiger partial charge in [-0.15, -0.1) is 0 Å². The summed E-state index contributed by atoms with van der Waals surface area (Å²) in [5.41, 5.74) is -1.14. The molecule has 14 heavy (non-hydrogen) atoms. The molecule has 0 unspecified atom stereocenters. The van der Waals surface area contributed by atoms with Gasteiger partial charge in [0.1, 0.15) is 0 Å². The molecule has 0 saturated heterocycles. The molecule has 0 N–H and O–H groups in total. The summed E-state index contributed by atoms with van der Waals surface area (Å²) < 4.78 is 29.1. The van der Waals surface area contributed by atoms with E-state index in [4.69, 9.17) is 0 Å². The fourth-order valence-corrected chi connectivity index (χ4v) is 2.34. The van der Waals surface area contributed by atoms with E-state index in [2.05, 4.69) is 9.10 Å². The van der Waals surface area contributed by atoms with Crippen LogP contribution >= 0.6 is 0 Å². The average molecular weight is 219 g/mol. The van der Waals surface area contributed by atoms with Gasteiger partial charge in [0.15, 0.2) is 5.54 Å². The highest BCUT2D eigenvalue weighted by molar-refractivity contribution is 7.61. The Hall–Kier alpha value is -0.910. The highest BCUT2D eigenvalue weighted by atomic mass is 32.2. The van der Waals surface area contributed by atoms with Crippen LogP contribution in [0.2, 0.25) is 0 Å². The number of carbonyl (C=O) groups is 1. The van der Waals surface area contributed by atoms with E-state index in [-0.39, 0.29) is 0 Å². The predicted octanol–water partition coefficient (Wildman–Crippen LogP) is 0.925. The number of methoxy groups -OCH3 is 1. The minimum atomic E-state index is -2.55. The monoisotopic (exact) mass is 219 g/mol. The number of rotatable bonds is 2. The topological polar surface area (TPSA) is 72.8 Å². The highest BCUT2D eigenvalue weighted by Crippen LogP contribution is 2.32. The first-order chi connectivity index (χ1) is 6.60. The Balaban J connectivity index is 3.00. The van der Waals surface area contributed by atoms with Crippen molar-refractivity contribution in [1.82, 2.24) is 0 Å². The van der Waals surface area contributed by atoms with Crippen molar-refractivity contribution >= 4 is 16.5 Å². The van der Waals surface area contributed by atoms with E-state index in [0.717, 1.165) is 19.3 Å². The van der Waals surface area contributed by atoms with E-state index in [9.17, 15) is 13.2 Å². The van der Waals surface area contributed by atoms with Crippen LogP contribution in [0.15, 0.2) is 4.36 Å². The van der Waals surface area contributed by atoms with Crippen LogP contribution < -0.4 is 0 Å². The van der Waals surface area contributed by atoms with Gasteiger partial charge in [-0.2, -0.15) is 12.8 Å². The largest absolute Gasteiger partial charge is 0.467 e. The van der Waals surface area contributed by atoms with Crippen LogP contribution in [0.25, 0.3) is 0 Å². The molecule has 6 heteroatoms. The van der Waals surface area contributed by atoms with Crippen molar-refractivity contribution in [2.45, 2.75) is 37.6 Å². The smallest absolute Gasteiger partial charge is 0.335 e. The van der Waals surface area contributed by atoms with Crippen LogP contribution in [-0.2, 0) is 20.0 Å². The lowest BCUT2D eigenvalue weighted by molar-refractivity contribution is -0.148.